The SMILES string of the molecule is OC1(COc2ccc(F)cc2)CCOCC1. The summed E-state index contributed by atoms with van der Waals surface area (Å²) in [5.41, 5.74) is -0.813. The third kappa shape index (κ3) is 2.93. The second-order valence-corrected chi connectivity index (χ2v) is 4.08. The molecule has 0 saturated carbocycles. The molecule has 0 atom stereocenters. The molecule has 0 aliphatic carbocycles. The highest BCUT2D eigenvalue weighted by Crippen LogP contribution is 2.22. The van der Waals surface area contributed by atoms with Crippen molar-refractivity contribution in [3.05, 3.63) is 30.1 Å². The van der Waals surface area contributed by atoms with Gasteiger partial charge in [0.05, 0.1) is 0 Å². The maximum atomic E-state index is 12.6. The Balaban J connectivity index is 1.88. The molecular formula is C12H15FO3. The van der Waals surface area contributed by atoms with Crippen LogP contribution >= 0.6 is 0 Å². The average Bonchev–Trinajstić information content (AvgIpc) is 2.29. The van der Waals surface area contributed by atoms with Crippen LogP contribution in [0.25, 0.3) is 0 Å². The lowest BCUT2D eigenvalue weighted by Gasteiger charge is -2.31. The first-order chi connectivity index (χ1) is 7.68. The Bertz CT molecular complexity index is 331. The minimum atomic E-state index is -0.813. The van der Waals surface area contributed by atoms with Crippen LogP contribution in [0.2, 0.25) is 0 Å². The summed E-state index contributed by atoms with van der Waals surface area (Å²) in [4.78, 5) is 0. The highest BCUT2D eigenvalue weighted by Gasteiger charge is 2.30. The molecule has 3 nitrogen and oxygen atoms in total. The van der Waals surface area contributed by atoms with Crippen LogP contribution < -0.4 is 4.74 Å². The van der Waals surface area contributed by atoms with E-state index >= 15 is 0 Å². The Hall–Kier alpha value is -1.13. The van der Waals surface area contributed by atoms with Crippen molar-refractivity contribution in [2.24, 2.45) is 0 Å². The summed E-state index contributed by atoms with van der Waals surface area (Å²) < 4.78 is 23.2. The first-order valence-electron chi connectivity index (χ1n) is 5.36. The Morgan fingerprint density at radius 2 is 1.88 bits per heavy atom. The smallest absolute Gasteiger partial charge is 0.123 e. The number of aliphatic hydroxyl groups is 1. The Labute approximate surface area is 93.8 Å². The van der Waals surface area contributed by atoms with Gasteiger partial charge in [0.2, 0.25) is 0 Å². The van der Waals surface area contributed by atoms with E-state index in [0.29, 0.717) is 31.8 Å². The Morgan fingerprint density at radius 3 is 2.50 bits per heavy atom. The maximum absolute atomic E-state index is 12.6. The Morgan fingerprint density at radius 1 is 1.25 bits per heavy atom. The predicted octanol–water partition coefficient (Wildman–Crippen LogP) is 1.75. The van der Waals surface area contributed by atoms with Gasteiger partial charge < -0.3 is 14.6 Å². The molecule has 1 aromatic carbocycles. The fraction of sp³-hybridized carbons (Fsp3) is 0.500. The van der Waals surface area contributed by atoms with Crippen molar-refractivity contribution in [2.45, 2.75) is 18.4 Å². The quantitative estimate of drug-likeness (QED) is 0.853. The molecule has 1 aromatic rings. The van der Waals surface area contributed by atoms with E-state index in [1.54, 1.807) is 12.1 Å². The molecule has 1 saturated heterocycles. The summed E-state index contributed by atoms with van der Waals surface area (Å²) in [6, 6.07) is 5.78. The van der Waals surface area contributed by atoms with E-state index in [0.717, 1.165) is 0 Å². The van der Waals surface area contributed by atoms with Gasteiger partial charge in [0.1, 0.15) is 23.8 Å². The third-order valence-corrected chi connectivity index (χ3v) is 2.74. The monoisotopic (exact) mass is 226 g/mol. The minimum Gasteiger partial charge on any atom is -0.491 e. The molecule has 0 radical (unpaired) electrons. The summed E-state index contributed by atoms with van der Waals surface area (Å²) in [6.07, 6.45) is 1.16. The highest BCUT2D eigenvalue weighted by atomic mass is 19.1. The lowest BCUT2D eigenvalue weighted by molar-refractivity contribution is -0.0855. The van der Waals surface area contributed by atoms with Gasteiger partial charge in [-0.25, -0.2) is 4.39 Å². The summed E-state index contributed by atoms with van der Waals surface area (Å²) in [6.45, 7) is 1.34. The molecule has 1 N–H and O–H groups in total. The molecule has 1 aliphatic rings. The average molecular weight is 226 g/mol. The first-order valence-corrected chi connectivity index (χ1v) is 5.36. The second-order valence-electron chi connectivity index (χ2n) is 4.08. The lowest BCUT2D eigenvalue weighted by Crippen LogP contribution is -2.41. The number of benzene rings is 1. The van der Waals surface area contributed by atoms with Gasteiger partial charge in [0.25, 0.3) is 0 Å². The zero-order chi connectivity index (χ0) is 11.4. The van der Waals surface area contributed by atoms with Crippen LogP contribution in [-0.4, -0.2) is 30.5 Å². The number of hydrogen-bond donors (Lipinski definition) is 1. The molecule has 2 rings (SSSR count). The molecule has 0 bridgehead atoms. The van der Waals surface area contributed by atoms with Crippen LogP contribution in [0.1, 0.15) is 12.8 Å². The van der Waals surface area contributed by atoms with E-state index in [1.807, 2.05) is 0 Å². The molecule has 1 heterocycles. The van der Waals surface area contributed by atoms with Crippen molar-refractivity contribution in [1.82, 2.24) is 0 Å². The van der Waals surface area contributed by atoms with E-state index in [1.165, 1.54) is 12.1 Å². The highest BCUT2D eigenvalue weighted by molar-refractivity contribution is 5.22. The van der Waals surface area contributed by atoms with Gasteiger partial charge in [-0.2, -0.15) is 0 Å². The fourth-order valence-electron chi connectivity index (χ4n) is 1.64. The normalized spacial score (nSPS) is 19.4. The van der Waals surface area contributed by atoms with Crippen molar-refractivity contribution in [1.29, 1.82) is 0 Å². The third-order valence-electron chi connectivity index (χ3n) is 2.74. The molecule has 4 heteroatoms. The topological polar surface area (TPSA) is 38.7 Å². The summed E-state index contributed by atoms with van der Waals surface area (Å²) in [7, 11) is 0. The number of ether oxygens (including phenoxy) is 2. The molecular weight excluding hydrogens is 211 g/mol. The van der Waals surface area contributed by atoms with Gasteiger partial charge in [-0.1, -0.05) is 0 Å². The summed E-state index contributed by atoms with van der Waals surface area (Å²) >= 11 is 0. The number of hydrogen-bond acceptors (Lipinski definition) is 3. The summed E-state index contributed by atoms with van der Waals surface area (Å²) in [5, 5.41) is 10.1. The van der Waals surface area contributed by atoms with E-state index in [9.17, 15) is 9.50 Å². The van der Waals surface area contributed by atoms with Gasteiger partial charge in [-0.15, -0.1) is 0 Å². The fourth-order valence-corrected chi connectivity index (χ4v) is 1.64. The van der Waals surface area contributed by atoms with E-state index in [2.05, 4.69) is 0 Å². The lowest BCUT2D eigenvalue weighted by atomic mass is 9.96. The van der Waals surface area contributed by atoms with Crippen LogP contribution in [0, 0.1) is 5.82 Å². The van der Waals surface area contributed by atoms with E-state index in [4.69, 9.17) is 9.47 Å². The van der Waals surface area contributed by atoms with Crippen molar-refractivity contribution in [3.8, 4) is 5.75 Å². The predicted molar refractivity (Wildman–Crippen MR) is 56.9 cm³/mol. The zero-order valence-corrected chi connectivity index (χ0v) is 8.99. The largest absolute Gasteiger partial charge is 0.491 e. The van der Waals surface area contributed by atoms with Gasteiger partial charge in [0.15, 0.2) is 0 Å². The molecule has 0 aromatic heterocycles. The molecule has 1 fully saturated rings. The van der Waals surface area contributed by atoms with Crippen LogP contribution in [0.4, 0.5) is 4.39 Å². The summed E-state index contributed by atoms with van der Waals surface area (Å²) in [5.74, 6) is 0.276. The molecule has 0 amide bonds. The zero-order valence-electron chi connectivity index (χ0n) is 8.99. The van der Waals surface area contributed by atoms with Gasteiger partial charge in [0, 0.05) is 26.1 Å². The van der Waals surface area contributed by atoms with E-state index < -0.39 is 5.60 Å². The first kappa shape index (κ1) is 11.4. The van der Waals surface area contributed by atoms with Crippen molar-refractivity contribution in [3.63, 3.8) is 0 Å². The van der Waals surface area contributed by atoms with Gasteiger partial charge >= 0.3 is 0 Å². The Kier molecular flexibility index (Phi) is 3.41. The van der Waals surface area contributed by atoms with Gasteiger partial charge in [-0.3, -0.25) is 0 Å². The van der Waals surface area contributed by atoms with Crippen LogP contribution in [-0.2, 0) is 4.74 Å². The maximum Gasteiger partial charge on any atom is 0.123 e. The number of halogens is 1. The van der Waals surface area contributed by atoms with Crippen LogP contribution in [0.15, 0.2) is 24.3 Å². The van der Waals surface area contributed by atoms with Gasteiger partial charge in [-0.05, 0) is 24.3 Å². The van der Waals surface area contributed by atoms with Crippen molar-refractivity contribution >= 4 is 0 Å². The molecule has 88 valence electrons. The number of rotatable bonds is 3. The van der Waals surface area contributed by atoms with Crippen molar-refractivity contribution in [2.75, 3.05) is 19.8 Å². The molecule has 16 heavy (non-hydrogen) atoms. The second kappa shape index (κ2) is 4.80. The van der Waals surface area contributed by atoms with Crippen LogP contribution in [0.3, 0.4) is 0 Å². The van der Waals surface area contributed by atoms with Crippen LogP contribution in [0.5, 0.6) is 5.75 Å². The van der Waals surface area contributed by atoms with E-state index in [-0.39, 0.29) is 12.4 Å². The molecule has 0 unspecified atom stereocenters. The minimum absolute atomic E-state index is 0.224. The standard InChI is InChI=1S/C12H15FO3/c13-10-1-3-11(4-2-10)16-9-12(14)5-7-15-8-6-12/h1-4,14H,5-9H2. The molecule has 0 spiro atoms. The van der Waals surface area contributed by atoms with Crippen molar-refractivity contribution < 1.29 is 19.0 Å². The molecule has 1 aliphatic heterocycles.